The van der Waals surface area contributed by atoms with E-state index in [4.69, 9.17) is 14.6 Å². The average molecular weight is 442 g/mol. The summed E-state index contributed by atoms with van der Waals surface area (Å²) in [5, 5.41) is 8.96. The van der Waals surface area contributed by atoms with Gasteiger partial charge in [-0.15, -0.1) is 0 Å². The zero-order valence-electron chi connectivity index (χ0n) is 16.9. The van der Waals surface area contributed by atoms with E-state index in [2.05, 4.69) is 4.72 Å². The molecule has 0 amide bonds. The van der Waals surface area contributed by atoms with Crippen molar-refractivity contribution in [1.82, 2.24) is 0 Å². The van der Waals surface area contributed by atoms with E-state index in [1.807, 2.05) is 13.0 Å². The molecule has 8 heteroatoms. The van der Waals surface area contributed by atoms with E-state index in [-0.39, 0.29) is 24.5 Å². The average Bonchev–Trinajstić information content (AvgIpc) is 2.73. The molecule has 0 aliphatic heterocycles. The van der Waals surface area contributed by atoms with Crippen molar-refractivity contribution < 1.29 is 27.8 Å². The maximum atomic E-state index is 12.5. The van der Waals surface area contributed by atoms with Gasteiger partial charge in [-0.3, -0.25) is 9.52 Å². The fourth-order valence-electron chi connectivity index (χ4n) is 2.88. The molecule has 0 aromatic heterocycles. The molecule has 0 saturated carbocycles. The Balaban J connectivity index is 1.52. The zero-order valence-corrected chi connectivity index (χ0v) is 17.8. The monoisotopic (exact) mass is 441 g/mol. The summed E-state index contributed by atoms with van der Waals surface area (Å²) in [6.07, 6.45) is -0.114. The van der Waals surface area contributed by atoms with Crippen molar-refractivity contribution in [3.8, 4) is 11.5 Å². The fourth-order valence-corrected chi connectivity index (χ4v) is 4.04. The Labute approximate surface area is 181 Å². The first-order valence-corrected chi connectivity index (χ1v) is 11.1. The van der Waals surface area contributed by atoms with Crippen LogP contribution < -0.4 is 14.2 Å². The minimum atomic E-state index is -3.67. The van der Waals surface area contributed by atoms with E-state index < -0.39 is 16.0 Å². The molecule has 3 aromatic carbocycles. The predicted molar refractivity (Wildman–Crippen MR) is 117 cm³/mol. The van der Waals surface area contributed by atoms with Crippen LogP contribution in [0, 0.1) is 6.92 Å². The van der Waals surface area contributed by atoms with Crippen molar-refractivity contribution in [2.45, 2.75) is 18.2 Å². The molecule has 0 heterocycles. The van der Waals surface area contributed by atoms with Crippen molar-refractivity contribution in [2.75, 3.05) is 17.9 Å². The van der Waals surface area contributed by atoms with Crippen LogP contribution in [-0.2, 0) is 21.2 Å². The van der Waals surface area contributed by atoms with Gasteiger partial charge in [0, 0.05) is 11.3 Å². The van der Waals surface area contributed by atoms with Crippen LogP contribution in [0.4, 0.5) is 5.69 Å². The second-order valence-electron chi connectivity index (χ2n) is 6.82. The Morgan fingerprint density at radius 3 is 2.35 bits per heavy atom. The van der Waals surface area contributed by atoms with Crippen LogP contribution in [0.1, 0.15) is 11.1 Å². The maximum absolute atomic E-state index is 12.5. The zero-order chi connectivity index (χ0) is 22.3. The first kappa shape index (κ1) is 22.2. The molecule has 0 saturated heterocycles. The Hall–Kier alpha value is -3.52. The number of hydrogen-bond donors (Lipinski definition) is 2. The number of benzene rings is 3. The molecular weight excluding hydrogens is 418 g/mol. The summed E-state index contributed by atoms with van der Waals surface area (Å²) in [5.74, 6) is 0.140. The number of aliphatic carboxylic acids is 1. The van der Waals surface area contributed by atoms with Crippen LogP contribution in [-0.4, -0.2) is 32.7 Å². The number of carboxylic acid groups (broad SMARTS) is 1. The lowest BCUT2D eigenvalue weighted by molar-refractivity contribution is -0.136. The Morgan fingerprint density at radius 2 is 1.65 bits per heavy atom. The van der Waals surface area contributed by atoms with Crippen molar-refractivity contribution >= 4 is 21.7 Å². The number of nitrogens with one attached hydrogen (secondary N) is 1. The van der Waals surface area contributed by atoms with Crippen LogP contribution in [0.25, 0.3) is 0 Å². The Kier molecular flexibility index (Phi) is 7.15. The Bertz CT molecular complexity index is 1140. The summed E-state index contributed by atoms with van der Waals surface area (Å²) in [6.45, 7) is 2.31. The molecule has 0 unspecified atom stereocenters. The van der Waals surface area contributed by atoms with Crippen LogP contribution in [0.3, 0.4) is 0 Å². The largest absolute Gasteiger partial charge is 0.490 e. The van der Waals surface area contributed by atoms with Crippen molar-refractivity contribution in [2.24, 2.45) is 0 Å². The predicted octanol–water partition coefficient (Wildman–Crippen LogP) is 3.88. The van der Waals surface area contributed by atoms with Gasteiger partial charge in [-0.1, -0.05) is 30.3 Å². The van der Waals surface area contributed by atoms with Gasteiger partial charge in [0.15, 0.2) is 0 Å². The third-order valence-corrected chi connectivity index (χ3v) is 5.71. The van der Waals surface area contributed by atoms with Crippen molar-refractivity contribution in [1.29, 1.82) is 0 Å². The topological polar surface area (TPSA) is 102 Å². The number of rotatable bonds is 10. The van der Waals surface area contributed by atoms with Gasteiger partial charge in [-0.2, -0.15) is 0 Å². The normalized spacial score (nSPS) is 11.0. The number of carboxylic acids is 1. The fraction of sp³-hybridized carbons (Fsp3) is 0.174. The van der Waals surface area contributed by atoms with Crippen LogP contribution in [0.5, 0.6) is 11.5 Å². The summed E-state index contributed by atoms with van der Waals surface area (Å²) in [5.41, 5.74) is 1.88. The lowest BCUT2D eigenvalue weighted by Crippen LogP contribution is -2.13. The highest BCUT2D eigenvalue weighted by Gasteiger charge is 2.14. The first-order chi connectivity index (χ1) is 14.8. The lowest BCUT2D eigenvalue weighted by atomic mass is 10.1. The highest BCUT2D eigenvalue weighted by molar-refractivity contribution is 7.92. The van der Waals surface area contributed by atoms with Gasteiger partial charge in [-0.05, 0) is 55.0 Å². The third-order valence-electron chi connectivity index (χ3n) is 4.33. The molecule has 2 N–H and O–H groups in total. The van der Waals surface area contributed by atoms with E-state index in [1.54, 1.807) is 66.7 Å². The SMILES string of the molecule is Cc1cccc(S(=O)(=O)Nc2ccc(OCCOc3ccccc3CC(=O)O)cc2)c1. The number of anilines is 1. The molecule has 7 nitrogen and oxygen atoms in total. The summed E-state index contributed by atoms with van der Waals surface area (Å²) in [6, 6.07) is 20.2. The van der Waals surface area contributed by atoms with Gasteiger partial charge in [-0.25, -0.2) is 8.42 Å². The van der Waals surface area contributed by atoms with E-state index in [9.17, 15) is 13.2 Å². The highest BCUT2D eigenvalue weighted by atomic mass is 32.2. The number of sulfonamides is 1. The van der Waals surface area contributed by atoms with Gasteiger partial charge < -0.3 is 14.6 Å². The quantitative estimate of drug-likeness (QED) is 0.463. The molecule has 0 aliphatic carbocycles. The highest BCUT2D eigenvalue weighted by Crippen LogP contribution is 2.21. The Morgan fingerprint density at radius 1 is 0.935 bits per heavy atom. The third kappa shape index (κ3) is 6.48. The number of carbonyl (C=O) groups is 1. The smallest absolute Gasteiger partial charge is 0.307 e. The molecule has 0 spiro atoms. The van der Waals surface area contributed by atoms with Gasteiger partial charge in [0.25, 0.3) is 10.0 Å². The summed E-state index contributed by atoms with van der Waals surface area (Å²) in [7, 11) is -3.67. The molecule has 3 aromatic rings. The van der Waals surface area contributed by atoms with Crippen LogP contribution in [0.15, 0.2) is 77.7 Å². The molecule has 0 fully saturated rings. The van der Waals surface area contributed by atoms with Gasteiger partial charge in [0.1, 0.15) is 24.7 Å². The van der Waals surface area contributed by atoms with Crippen molar-refractivity contribution in [3.05, 3.63) is 83.9 Å². The van der Waals surface area contributed by atoms with E-state index in [0.29, 0.717) is 22.7 Å². The van der Waals surface area contributed by atoms with E-state index in [1.165, 1.54) is 0 Å². The molecule has 0 atom stereocenters. The lowest BCUT2D eigenvalue weighted by Gasteiger charge is -2.12. The number of ether oxygens (including phenoxy) is 2. The first-order valence-electron chi connectivity index (χ1n) is 9.58. The van der Waals surface area contributed by atoms with Crippen molar-refractivity contribution in [3.63, 3.8) is 0 Å². The molecule has 0 radical (unpaired) electrons. The molecule has 31 heavy (non-hydrogen) atoms. The van der Waals surface area contributed by atoms with Gasteiger partial charge >= 0.3 is 5.97 Å². The van der Waals surface area contributed by atoms with Crippen LogP contribution >= 0.6 is 0 Å². The molecular formula is C23H23NO6S. The number of para-hydroxylation sites is 1. The molecule has 0 bridgehead atoms. The van der Waals surface area contributed by atoms with Crippen LogP contribution in [0.2, 0.25) is 0 Å². The maximum Gasteiger partial charge on any atom is 0.307 e. The second-order valence-corrected chi connectivity index (χ2v) is 8.50. The van der Waals surface area contributed by atoms with Gasteiger partial charge in [0.2, 0.25) is 0 Å². The van der Waals surface area contributed by atoms with Gasteiger partial charge in [0.05, 0.1) is 11.3 Å². The standard InChI is InChI=1S/C23H23NO6S/c1-17-5-4-7-21(15-17)31(27,28)24-19-9-11-20(12-10-19)29-13-14-30-22-8-3-2-6-18(22)16-23(25)26/h2-12,15,24H,13-14,16H2,1H3,(H,25,26). The minimum absolute atomic E-state index is 0.114. The molecule has 0 aliphatic rings. The van der Waals surface area contributed by atoms with E-state index in [0.717, 1.165) is 5.56 Å². The van der Waals surface area contributed by atoms with E-state index >= 15 is 0 Å². The summed E-state index contributed by atoms with van der Waals surface area (Å²) < 4.78 is 38.8. The minimum Gasteiger partial charge on any atom is -0.490 e. The second kappa shape index (κ2) is 9.99. The summed E-state index contributed by atoms with van der Waals surface area (Å²) >= 11 is 0. The summed E-state index contributed by atoms with van der Waals surface area (Å²) in [4.78, 5) is 11.1. The molecule has 162 valence electrons. The molecule has 3 rings (SSSR count). The number of aryl methyl sites for hydroxylation is 1. The number of hydrogen-bond acceptors (Lipinski definition) is 5.